The Bertz CT molecular complexity index is 158. The van der Waals surface area contributed by atoms with Crippen molar-refractivity contribution in [3.05, 3.63) is 0 Å². The molecule has 0 radical (unpaired) electrons. The van der Waals surface area contributed by atoms with Gasteiger partial charge in [-0.05, 0) is 0 Å². The first-order valence-electron chi connectivity index (χ1n) is 4.07. The van der Waals surface area contributed by atoms with Gasteiger partial charge in [0.25, 0.3) is 0 Å². The number of aliphatic carboxylic acids is 1. The Balaban J connectivity index is 2.34. The van der Waals surface area contributed by atoms with E-state index in [0.29, 0.717) is 0 Å². The Labute approximate surface area is 71.5 Å². The number of carboxylic acid groups (broad SMARTS) is 1. The molecule has 0 atom stereocenters. The minimum Gasteiger partial charge on any atom is -0.481 e. The van der Waals surface area contributed by atoms with Gasteiger partial charge in [0.15, 0.2) is 6.29 Å². The van der Waals surface area contributed by atoms with Crippen LogP contribution in [-0.4, -0.2) is 30.6 Å². The van der Waals surface area contributed by atoms with Crippen molar-refractivity contribution >= 4 is 5.97 Å². The molecule has 4 heteroatoms. The van der Waals surface area contributed by atoms with Crippen LogP contribution in [-0.2, 0) is 14.3 Å². The summed E-state index contributed by atoms with van der Waals surface area (Å²) in [5.74, 6) is -1.07. The molecule has 0 spiro atoms. The van der Waals surface area contributed by atoms with E-state index in [2.05, 4.69) is 0 Å². The zero-order chi connectivity index (χ0) is 9.14. The molecule has 1 rings (SSSR count). The maximum atomic E-state index is 10.5. The summed E-state index contributed by atoms with van der Waals surface area (Å²) >= 11 is 0. The lowest BCUT2D eigenvalue weighted by atomic mass is 10.1. The zero-order valence-electron chi connectivity index (χ0n) is 7.32. The predicted octanol–water partition coefficient (Wildman–Crippen LogP) is 0.716. The molecule has 1 aliphatic heterocycles. The lowest BCUT2D eigenvalue weighted by Gasteiger charge is -2.29. The van der Waals surface area contributed by atoms with E-state index in [-0.39, 0.29) is 25.4 Å². The predicted molar refractivity (Wildman–Crippen MR) is 41.7 cm³/mol. The monoisotopic (exact) mass is 174 g/mol. The van der Waals surface area contributed by atoms with E-state index in [1.807, 2.05) is 13.8 Å². The lowest BCUT2D eigenvalue weighted by molar-refractivity contribution is -0.222. The number of hydrogen-bond acceptors (Lipinski definition) is 3. The fourth-order valence-electron chi connectivity index (χ4n) is 1.05. The molecule has 1 fully saturated rings. The minimum atomic E-state index is -0.850. The molecule has 0 bridgehead atoms. The van der Waals surface area contributed by atoms with Crippen molar-refractivity contribution in [2.75, 3.05) is 13.2 Å². The summed E-state index contributed by atoms with van der Waals surface area (Å²) in [4.78, 5) is 10.5. The molecule has 1 heterocycles. The number of carbonyl (C=O) groups is 1. The van der Waals surface area contributed by atoms with Gasteiger partial charge in [-0.15, -0.1) is 0 Å². The Morgan fingerprint density at radius 3 is 2.25 bits per heavy atom. The SMILES string of the molecule is CC(C)[C@H]1OC[C@@H](C(=O)O)CO1. The Kier molecular flexibility index (Phi) is 3.05. The van der Waals surface area contributed by atoms with E-state index in [9.17, 15) is 4.79 Å². The minimum absolute atomic E-state index is 0.236. The largest absolute Gasteiger partial charge is 0.481 e. The van der Waals surface area contributed by atoms with Crippen LogP contribution in [0.2, 0.25) is 0 Å². The van der Waals surface area contributed by atoms with Gasteiger partial charge in [-0.1, -0.05) is 13.8 Å². The number of rotatable bonds is 2. The van der Waals surface area contributed by atoms with Gasteiger partial charge in [-0.3, -0.25) is 4.79 Å². The molecule has 12 heavy (non-hydrogen) atoms. The van der Waals surface area contributed by atoms with E-state index >= 15 is 0 Å². The van der Waals surface area contributed by atoms with E-state index in [4.69, 9.17) is 14.6 Å². The molecule has 0 unspecified atom stereocenters. The normalized spacial score (nSPS) is 30.6. The molecule has 4 nitrogen and oxygen atoms in total. The summed E-state index contributed by atoms with van der Waals surface area (Å²) in [5.41, 5.74) is 0. The molecule has 0 amide bonds. The van der Waals surface area contributed by atoms with Gasteiger partial charge in [0.2, 0.25) is 0 Å². The molecule has 0 aromatic heterocycles. The van der Waals surface area contributed by atoms with Crippen LogP contribution >= 0.6 is 0 Å². The van der Waals surface area contributed by atoms with Crippen molar-refractivity contribution in [3.63, 3.8) is 0 Å². The molecule has 0 saturated carbocycles. The second-order valence-electron chi connectivity index (χ2n) is 3.31. The Morgan fingerprint density at radius 1 is 1.42 bits per heavy atom. The van der Waals surface area contributed by atoms with E-state index in [1.165, 1.54) is 0 Å². The Hall–Kier alpha value is -0.610. The fourth-order valence-corrected chi connectivity index (χ4v) is 1.05. The smallest absolute Gasteiger partial charge is 0.311 e. The van der Waals surface area contributed by atoms with Crippen LogP contribution in [0.3, 0.4) is 0 Å². The third-order valence-electron chi connectivity index (χ3n) is 1.82. The average Bonchev–Trinajstić information content (AvgIpc) is 2.04. The average molecular weight is 174 g/mol. The van der Waals surface area contributed by atoms with Crippen molar-refractivity contribution in [1.29, 1.82) is 0 Å². The molecule has 1 saturated heterocycles. The standard InChI is InChI=1S/C8H14O4/c1-5(2)8-11-3-6(4-12-8)7(9)10/h5-6,8H,3-4H2,1-2H3,(H,9,10)/t6-,8+. The van der Waals surface area contributed by atoms with Crippen molar-refractivity contribution in [2.45, 2.75) is 20.1 Å². The van der Waals surface area contributed by atoms with Crippen molar-refractivity contribution < 1.29 is 19.4 Å². The van der Waals surface area contributed by atoms with Crippen LogP contribution in [0.15, 0.2) is 0 Å². The van der Waals surface area contributed by atoms with Gasteiger partial charge in [0.1, 0.15) is 5.92 Å². The molecule has 0 aromatic rings. The molecule has 1 aliphatic rings. The van der Waals surface area contributed by atoms with E-state index in [0.717, 1.165) is 0 Å². The molecular weight excluding hydrogens is 160 g/mol. The number of hydrogen-bond donors (Lipinski definition) is 1. The summed E-state index contributed by atoms with van der Waals surface area (Å²) in [6.45, 7) is 4.48. The number of ether oxygens (including phenoxy) is 2. The highest BCUT2D eigenvalue weighted by Crippen LogP contribution is 2.16. The first-order valence-corrected chi connectivity index (χ1v) is 4.07. The van der Waals surface area contributed by atoms with E-state index in [1.54, 1.807) is 0 Å². The first-order chi connectivity index (χ1) is 5.61. The topological polar surface area (TPSA) is 55.8 Å². The quantitative estimate of drug-likeness (QED) is 0.670. The third-order valence-corrected chi connectivity index (χ3v) is 1.82. The summed E-state index contributed by atoms with van der Waals surface area (Å²) in [6.07, 6.45) is -0.236. The highest BCUT2D eigenvalue weighted by Gasteiger charge is 2.28. The van der Waals surface area contributed by atoms with Crippen molar-refractivity contribution in [2.24, 2.45) is 11.8 Å². The van der Waals surface area contributed by atoms with Crippen LogP contribution in [0, 0.1) is 11.8 Å². The second kappa shape index (κ2) is 3.87. The molecule has 0 aromatic carbocycles. The molecule has 0 aliphatic carbocycles. The highest BCUT2D eigenvalue weighted by atomic mass is 16.7. The summed E-state index contributed by atoms with van der Waals surface area (Å²) in [6, 6.07) is 0. The highest BCUT2D eigenvalue weighted by molar-refractivity contribution is 5.70. The van der Waals surface area contributed by atoms with Crippen LogP contribution in [0.25, 0.3) is 0 Å². The van der Waals surface area contributed by atoms with Gasteiger partial charge in [0.05, 0.1) is 13.2 Å². The van der Waals surface area contributed by atoms with Crippen LogP contribution in [0.1, 0.15) is 13.8 Å². The van der Waals surface area contributed by atoms with Crippen LogP contribution in [0.4, 0.5) is 0 Å². The van der Waals surface area contributed by atoms with Gasteiger partial charge < -0.3 is 14.6 Å². The second-order valence-corrected chi connectivity index (χ2v) is 3.31. The Morgan fingerprint density at radius 2 is 1.92 bits per heavy atom. The lowest BCUT2D eigenvalue weighted by Crippen LogP contribution is -2.38. The molecule has 70 valence electrons. The van der Waals surface area contributed by atoms with E-state index < -0.39 is 11.9 Å². The molecule has 1 N–H and O–H groups in total. The van der Waals surface area contributed by atoms with Crippen LogP contribution in [0.5, 0.6) is 0 Å². The van der Waals surface area contributed by atoms with Crippen molar-refractivity contribution in [1.82, 2.24) is 0 Å². The zero-order valence-corrected chi connectivity index (χ0v) is 7.32. The fraction of sp³-hybridized carbons (Fsp3) is 0.875. The molecular formula is C8H14O4. The maximum absolute atomic E-state index is 10.5. The van der Waals surface area contributed by atoms with Crippen LogP contribution < -0.4 is 0 Å². The van der Waals surface area contributed by atoms with Gasteiger partial charge in [0, 0.05) is 5.92 Å². The maximum Gasteiger partial charge on any atom is 0.311 e. The first kappa shape index (κ1) is 9.48. The number of carboxylic acids is 1. The third kappa shape index (κ3) is 2.19. The van der Waals surface area contributed by atoms with Gasteiger partial charge >= 0.3 is 5.97 Å². The summed E-state index contributed by atoms with van der Waals surface area (Å²) in [7, 11) is 0. The summed E-state index contributed by atoms with van der Waals surface area (Å²) < 4.78 is 10.4. The van der Waals surface area contributed by atoms with Gasteiger partial charge in [-0.2, -0.15) is 0 Å². The van der Waals surface area contributed by atoms with Crippen molar-refractivity contribution in [3.8, 4) is 0 Å². The summed E-state index contributed by atoms with van der Waals surface area (Å²) in [5, 5.41) is 8.60. The van der Waals surface area contributed by atoms with Gasteiger partial charge in [-0.25, -0.2) is 0 Å².